The summed E-state index contributed by atoms with van der Waals surface area (Å²) in [6.07, 6.45) is 2.93. The predicted molar refractivity (Wildman–Crippen MR) is 101 cm³/mol. The average molecular weight is 419 g/mol. The van der Waals surface area contributed by atoms with Crippen molar-refractivity contribution in [3.05, 3.63) is 45.5 Å². The van der Waals surface area contributed by atoms with Gasteiger partial charge in [-0.3, -0.25) is 4.79 Å². The molecule has 1 aliphatic rings. The Labute approximate surface area is 163 Å². The molecule has 2 aromatic heterocycles. The van der Waals surface area contributed by atoms with Crippen molar-refractivity contribution in [1.82, 2.24) is 14.8 Å². The summed E-state index contributed by atoms with van der Waals surface area (Å²) in [6, 6.07) is 1.96. The Hall–Kier alpha value is -1.74. The van der Waals surface area contributed by atoms with Crippen LogP contribution >= 0.6 is 23.4 Å². The standard InChI is InChI=1S/C17H18ClF3N4OS/c1-27-12-4-2-3-7-24(10-12)13-9-23-25(16(26)15(13)18)14-6-5-11(8-22-14)17(19,20)21/h5-6,8-9,12H,2-4,7,10H2,1H3. The third-order valence-corrected chi connectivity index (χ3v) is 5.90. The zero-order valence-corrected chi connectivity index (χ0v) is 16.1. The molecule has 0 spiro atoms. The molecule has 0 aliphatic carbocycles. The molecule has 0 bridgehead atoms. The lowest BCUT2D eigenvalue weighted by atomic mass is 10.2. The number of hydrogen-bond donors (Lipinski definition) is 0. The highest BCUT2D eigenvalue weighted by molar-refractivity contribution is 7.99. The van der Waals surface area contributed by atoms with Crippen LogP contribution in [0.3, 0.4) is 0 Å². The Kier molecular flexibility index (Phi) is 6.00. The van der Waals surface area contributed by atoms with Gasteiger partial charge in [0.15, 0.2) is 5.82 Å². The van der Waals surface area contributed by atoms with Crippen molar-refractivity contribution in [2.45, 2.75) is 30.7 Å². The van der Waals surface area contributed by atoms with E-state index < -0.39 is 17.3 Å². The molecule has 10 heteroatoms. The van der Waals surface area contributed by atoms with Gasteiger partial charge in [-0.25, -0.2) is 4.98 Å². The minimum absolute atomic E-state index is 0.00606. The van der Waals surface area contributed by atoms with E-state index in [4.69, 9.17) is 11.6 Å². The van der Waals surface area contributed by atoms with Crippen LogP contribution in [-0.4, -0.2) is 39.4 Å². The summed E-state index contributed by atoms with van der Waals surface area (Å²) in [5.41, 5.74) is -0.952. The SMILES string of the molecule is CSC1CCCCN(c2cnn(-c3ccc(C(F)(F)F)cn3)c(=O)c2Cl)C1. The highest BCUT2D eigenvalue weighted by Crippen LogP contribution is 2.29. The first-order valence-electron chi connectivity index (χ1n) is 8.40. The van der Waals surface area contributed by atoms with Gasteiger partial charge in [0.1, 0.15) is 5.02 Å². The first-order chi connectivity index (χ1) is 12.8. The van der Waals surface area contributed by atoms with Gasteiger partial charge in [0, 0.05) is 24.5 Å². The van der Waals surface area contributed by atoms with E-state index in [1.165, 1.54) is 6.20 Å². The molecule has 1 atom stereocenters. The number of alkyl halides is 3. The number of pyridine rings is 1. The Balaban J connectivity index is 1.92. The third kappa shape index (κ3) is 4.40. The number of aromatic nitrogens is 3. The fourth-order valence-corrected chi connectivity index (χ4v) is 3.98. The fraction of sp³-hybridized carbons (Fsp3) is 0.471. The molecule has 1 unspecified atom stereocenters. The molecule has 3 rings (SSSR count). The number of anilines is 1. The maximum atomic E-state index is 12.7. The molecule has 2 aromatic rings. The second kappa shape index (κ2) is 8.10. The van der Waals surface area contributed by atoms with Gasteiger partial charge in [-0.15, -0.1) is 0 Å². The van der Waals surface area contributed by atoms with Gasteiger partial charge in [0.05, 0.1) is 17.4 Å². The number of halogens is 4. The molecule has 146 valence electrons. The monoisotopic (exact) mass is 418 g/mol. The average Bonchev–Trinajstić information content (AvgIpc) is 2.89. The van der Waals surface area contributed by atoms with Crippen LogP contribution in [0.15, 0.2) is 29.3 Å². The summed E-state index contributed by atoms with van der Waals surface area (Å²) >= 11 is 8.08. The highest BCUT2D eigenvalue weighted by atomic mass is 35.5. The fourth-order valence-electron chi connectivity index (χ4n) is 3.00. The molecule has 0 amide bonds. The van der Waals surface area contributed by atoms with Crippen molar-refractivity contribution in [2.24, 2.45) is 0 Å². The maximum absolute atomic E-state index is 12.7. The first kappa shape index (κ1) is 20.0. The van der Waals surface area contributed by atoms with Gasteiger partial charge in [-0.2, -0.15) is 34.7 Å². The number of nitrogens with zero attached hydrogens (tertiary/aromatic N) is 4. The van der Waals surface area contributed by atoms with Gasteiger partial charge in [-0.05, 0) is 31.2 Å². The summed E-state index contributed by atoms with van der Waals surface area (Å²) in [7, 11) is 0. The van der Waals surface area contributed by atoms with E-state index in [1.54, 1.807) is 11.8 Å². The Bertz CT molecular complexity index is 857. The van der Waals surface area contributed by atoms with Crippen molar-refractivity contribution in [1.29, 1.82) is 0 Å². The van der Waals surface area contributed by atoms with Crippen molar-refractivity contribution in [3.63, 3.8) is 0 Å². The second-order valence-corrected chi connectivity index (χ2v) is 7.78. The highest BCUT2D eigenvalue weighted by Gasteiger charge is 2.31. The predicted octanol–water partition coefficient (Wildman–Crippen LogP) is 4.02. The Morgan fingerprint density at radius 1 is 1.26 bits per heavy atom. The van der Waals surface area contributed by atoms with Crippen molar-refractivity contribution in [2.75, 3.05) is 24.2 Å². The molecule has 0 N–H and O–H groups in total. The molecule has 0 radical (unpaired) electrons. The van der Waals surface area contributed by atoms with E-state index in [-0.39, 0.29) is 10.8 Å². The van der Waals surface area contributed by atoms with Gasteiger partial charge < -0.3 is 4.90 Å². The van der Waals surface area contributed by atoms with E-state index in [0.29, 0.717) is 17.1 Å². The van der Waals surface area contributed by atoms with Gasteiger partial charge >= 0.3 is 6.18 Å². The van der Waals surface area contributed by atoms with Crippen LogP contribution < -0.4 is 10.5 Å². The van der Waals surface area contributed by atoms with E-state index >= 15 is 0 Å². The van der Waals surface area contributed by atoms with E-state index in [1.807, 2.05) is 0 Å². The van der Waals surface area contributed by atoms with Gasteiger partial charge in [0.25, 0.3) is 5.56 Å². The maximum Gasteiger partial charge on any atom is 0.417 e. The minimum atomic E-state index is -4.49. The number of rotatable bonds is 3. The van der Waals surface area contributed by atoms with Gasteiger partial charge in [0.2, 0.25) is 0 Å². The van der Waals surface area contributed by atoms with Crippen molar-refractivity contribution >= 4 is 29.1 Å². The van der Waals surface area contributed by atoms with Crippen LogP contribution in [0.2, 0.25) is 5.02 Å². The van der Waals surface area contributed by atoms with Crippen LogP contribution in [0.4, 0.5) is 18.9 Å². The molecule has 1 saturated heterocycles. The van der Waals surface area contributed by atoms with E-state index in [2.05, 4.69) is 21.2 Å². The summed E-state index contributed by atoms with van der Waals surface area (Å²) < 4.78 is 38.9. The van der Waals surface area contributed by atoms with E-state index in [9.17, 15) is 18.0 Å². The molecule has 3 heterocycles. The smallest absolute Gasteiger partial charge is 0.368 e. The number of thioether (sulfide) groups is 1. The van der Waals surface area contributed by atoms with Crippen LogP contribution in [0, 0.1) is 0 Å². The molecule has 0 aromatic carbocycles. The Morgan fingerprint density at radius 3 is 2.67 bits per heavy atom. The molecule has 27 heavy (non-hydrogen) atoms. The normalized spacial score (nSPS) is 18.4. The van der Waals surface area contributed by atoms with Gasteiger partial charge in [-0.1, -0.05) is 18.0 Å². The topological polar surface area (TPSA) is 51.0 Å². The molecule has 1 fully saturated rings. The first-order valence-corrected chi connectivity index (χ1v) is 10.1. The summed E-state index contributed by atoms with van der Waals surface area (Å²) in [6.45, 7) is 1.55. The van der Waals surface area contributed by atoms with Crippen molar-refractivity contribution in [3.8, 4) is 5.82 Å². The lowest BCUT2D eigenvalue weighted by molar-refractivity contribution is -0.137. The summed E-state index contributed by atoms with van der Waals surface area (Å²) in [5.74, 6) is -0.0145. The molecule has 1 aliphatic heterocycles. The van der Waals surface area contributed by atoms with Crippen molar-refractivity contribution < 1.29 is 13.2 Å². The third-order valence-electron chi connectivity index (χ3n) is 4.49. The second-order valence-electron chi connectivity index (χ2n) is 6.26. The van der Waals surface area contributed by atoms with Crippen LogP contribution in [0.25, 0.3) is 5.82 Å². The minimum Gasteiger partial charge on any atom is -0.368 e. The molecule has 0 saturated carbocycles. The van der Waals surface area contributed by atoms with Crippen LogP contribution in [0.5, 0.6) is 0 Å². The molecule has 5 nitrogen and oxygen atoms in total. The lowest BCUT2D eigenvalue weighted by Crippen LogP contribution is -2.32. The summed E-state index contributed by atoms with van der Waals surface area (Å²) in [4.78, 5) is 18.4. The zero-order chi connectivity index (χ0) is 19.6. The Morgan fingerprint density at radius 2 is 2.04 bits per heavy atom. The quantitative estimate of drug-likeness (QED) is 0.753. The largest absolute Gasteiger partial charge is 0.417 e. The van der Waals surface area contributed by atoms with Crippen LogP contribution in [-0.2, 0) is 6.18 Å². The lowest BCUT2D eigenvalue weighted by Gasteiger charge is -2.26. The summed E-state index contributed by atoms with van der Waals surface area (Å²) in [5, 5.41) is 4.53. The molecular formula is C17H18ClF3N4OS. The molecular weight excluding hydrogens is 401 g/mol. The van der Waals surface area contributed by atoms with Crippen LogP contribution in [0.1, 0.15) is 24.8 Å². The zero-order valence-electron chi connectivity index (χ0n) is 14.5. The number of hydrogen-bond acceptors (Lipinski definition) is 5. The van der Waals surface area contributed by atoms with E-state index in [0.717, 1.165) is 49.2 Å².